The standard InChI is InChI=1S/C17H22ClN3O2/c1-17(2,3)23-16(22)20(4)12-9-13(10-12)21-8-7-11-5-6-14(18)19-15(11)21/h5-8,12-13H,9-10H2,1-4H3/t12-,13+. The van der Waals surface area contributed by atoms with Gasteiger partial charge in [-0.25, -0.2) is 9.78 Å². The number of carbonyl (C=O) groups excluding carboxylic acids is 1. The maximum Gasteiger partial charge on any atom is 0.410 e. The minimum atomic E-state index is -0.466. The third-order valence-corrected chi connectivity index (χ3v) is 4.45. The zero-order valence-electron chi connectivity index (χ0n) is 13.9. The fraction of sp³-hybridized carbons (Fsp3) is 0.529. The van der Waals surface area contributed by atoms with Gasteiger partial charge in [0.15, 0.2) is 0 Å². The molecule has 0 saturated heterocycles. The number of ether oxygens (including phenoxy) is 1. The van der Waals surface area contributed by atoms with E-state index in [0.29, 0.717) is 11.2 Å². The van der Waals surface area contributed by atoms with Gasteiger partial charge in [0.1, 0.15) is 16.4 Å². The minimum Gasteiger partial charge on any atom is -0.444 e. The summed E-state index contributed by atoms with van der Waals surface area (Å²) in [6.07, 6.45) is 3.57. The minimum absolute atomic E-state index is 0.200. The predicted octanol–water partition coefficient (Wildman–Crippen LogP) is 4.26. The van der Waals surface area contributed by atoms with Crippen LogP contribution < -0.4 is 0 Å². The normalized spacial score (nSPS) is 21.1. The second-order valence-electron chi connectivity index (χ2n) is 7.14. The lowest BCUT2D eigenvalue weighted by atomic mass is 9.85. The molecule has 0 aliphatic heterocycles. The number of carbonyl (C=O) groups is 1. The average molecular weight is 336 g/mol. The lowest BCUT2D eigenvalue weighted by Gasteiger charge is -2.42. The highest BCUT2D eigenvalue weighted by molar-refractivity contribution is 6.29. The van der Waals surface area contributed by atoms with Crippen molar-refractivity contribution >= 4 is 28.7 Å². The van der Waals surface area contributed by atoms with E-state index in [-0.39, 0.29) is 12.1 Å². The molecule has 0 atom stereocenters. The second kappa shape index (κ2) is 5.71. The van der Waals surface area contributed by atoms with Crippen molar-refractivity contribution in [2.45, 2.75) is 51.3 Å². The van der Waals surface area contributed by atoms with Crippen LogP contribution in [0.15, 0.2) is 24.4 Å². The molecule has 1 aliphatic rings. The van der Waals surface area contributed by atoms with Crippen LogP contribution >= 0.6 is 11.6 Å². The van der Waals surface area contributed by atoms with Crippen LogP contribution in [0, 0.1) is 0 Å². The molecule has 2 aromatic rings. The molecule has 3 rings (SSSR count). The van der Waals surface area contributed by atoms with E-state index in [1.54, 1.807) is 18.0 Å². The van der Waals surface area contributed by atoms with E-state index in [4.69, 9.17) is 16.3 Å². The van der Waals surface area contributed by atoms with Crippen molar-refractivity contribution < 1.29 is 9.53 Å². The fourth-order valence-electron chi connectivity index (χ4n) is 2.88. The summed E-state index contributed by atoms with van der Waals surface area (Å²) in [5.74, 6) is 0. The van der Waals surface area contributed by atoms with Crippen molar-refractivity contribution in [3.8, 4) is 0 Å². The Hall–Kier alpha value is -1.75. The van der Waals surface area contributed by atoms with E-state index >= 15 is 0 Å². The fourth-order valence-corrected chi connectivity index (χ4v) is 3.03. The molecule has 1 fully saturated rings. The van der Waals surface area contributed by atoms with Gasteiger partial charge in [-0.1, -0.05) is 11.6 Å². The number of nitrogens with zero attached hydrogens (tertiary/aromatic N) is 3. The lowest BCUT2D eigenvalue weighted by molar-refractivity contribution is 0.00810. The summed E-state index contributed by atoms with van der Waals surface area (Å²) in [5.41, 5.74) is 0.437. The highest BCUT2D eigenvalue weighted by Crippen LogP contribution is 2.38. The quantitative estimate of drug-likeness (QED) is 0.770. The van der Waals surface area contributed by atoms with Crippen molar-refractivity contribution in [3.05, 3.63) is 29.5 Å². The molecular weight excluding hydrogens is 314 g/mol. The van der Waals surface area contributed by atoms with Gasteiger partial charge in [0.05, 0.1) is 0 Å². The predicted molar refractivity (Wildman–Crippen MR) is 90.8 cm³/mol. The van der Waals surface area contributed by atoms with Crippen molar-refractivity contribution in [1.82, 2.24) is 14.5 Å². The van der Waals surface area contributed by atoms with E-state index in [9.17, 15) is 4.79 Å². The first-order valence-corrected chi connectivity index (χ1v) is 8.21. The van der Waals surface area contributed by atoms with Crippen molar-refractivity contribution in [2.75, 3.05) is 7.05 Å². The molecule has 2 aromatic heterocycles. The third kappa shape index (κ3) is 3.29. The van der Waals surface area contributed by atoms with Gasteiger partial charge in [-0.05, 0) is 51.8 Å². The van der Waals surface area contributed by atoms with Crippen LogP contribution in [0.1, 0.15) is 39.7 Å². The molecule has 0 bridgehead atoms. The van der Waals surface area contributed by atoms with Crippen LogP contribution in [0.25, 0.3) is 11.0 Å². The number of fused-ring (bicyclic) bond motifs is 1. The Labute approximate surface area is 141 Å². The van der Waals surface area contributed by atoms with Gasteiger partial charge >= 0.3 is 6.09 Å². The van der Waals surface area contributed by atoms with Crippen LogP contribution in [0.4, 0.5) is 4.79 Å². The smallest absolute Gasteiger partial charge is 0.410 e. The summed E-state index contributed by atoms with van der Waals surface area (Å²) in [6.45, 7) is 5.64. The van der Waals surface area contributed by atoms with Gasteiger partial charge in [0.2, 0.25) is 0 Å². The summed E-state index contributed by atoms with van der Waals surface area (Å²) < 4.78 is 7.57. The number of hydrogen-bond acceptors (Lipinski definition) is 3. The van der Waals surface area contributed by atoms with Crippen LogP contribution in [0.2, 0.25) is 5.15 Å². The monoisotopic (exact) mass is 335 g/mol. The first-order valence-electron chi connectivity index (χ1n) is 7.83. The number of pyridine rings is 1. The number of amides is 1. The molecule has 0 unspecified atom stereocenters. The van der Waals surface area contributed by atoms with E-state index in [1.807, 2.05) is 39.1 Å². The molecule has 5 nitrogen and oxygen atoms in total. The van der Waals surface area contributed by atoms with Crippen LogP contribution in [0.3, 0.4) is 0 Å². The number of hydrogen-bond donors (Lipinski definition) is 0. The Morgan fingerprint density at radius 1 is 1.35 bits per heavy atom. The third-order valence-electron chi connectivity index (χ3n) is 4.24. The van der Waals surface area contributed by atoms with Gasteiger partial charge in [-0.2, -0.15) is 0 Å². The Kier molecular flexibility index (Phi) is 4.00. The van der Waals surface area contributed by atoms with Gasteiger partial charge in [0, 0.05) is 30.7 Å². The van der Waals surface area contributed by atoms with Crippen molar-refractivity contribution in [2.24, 2.45) is 0 Å². The van der Waals surface area contributed by atoms with E-state index in [1.165, 1.54) is 0 Å². The molecule has 1 aliphatic carbocycles. The number of aromatic nitrogens is 2. The van der Waals surface area contributed by atoms with Gasteiger partial charge in [-0.15, -0.1) is 0 Å². The Morgan fingerprint density at radius 3 is 2.70 bits per heavy atom. The molecule has 1 saturated carbocycles. The molecule has 6 heteroatoms. The molecule has 2 heterocycles. The lowest BCUT2D eigenvalue weighted by Crippen LogP contribution is -2.47. The molecule has 124 valence electrons. The molecule has 1 amide bonds. The zero-order valence-corrected chi connectivity index (χ0v) is 14.7. The molecule has 0 aromatic carbocycles. The summed E-state index contributed by atoms with van der Waals surface area (Å²) in [6, 6.07) is 6.36. The number of rotatable bonds is 2. The summed E-state index contributed by atoms with van der Waals surface area (Å²) in [7, 11) is 1.80. The summed E-state index contributed by atoms with van der Waals surface area (Å²) in [4.78, 5) is 18.2. The molecular formula is C17H22ClN3O2. The van der Waals surface area contributed by atoms with Crippen LogP contribution in [0.5, 0.6) is 0 Å². The highest BCUT2D eigenvalue weighted by atomic mass is 35.5. The summed E-state index contributed by atoms with van der Waals surface area (Å²) >= 11 is 6.00. The maximum atomic E-state index is 12.1. The van der Waals surface area contributed by atoms with E-state index < -0.39 is 5.60 Å². The van der Waals surface area contributed by atoms with Gasteiger partial charge in [-0.3, -0.25) is 0 Å². The largest absolute Gasteiger partial charge is 0.444 e. The Balaban J connectivity index is 1.66. The molecule has 0 radical (unpaired) electrons. The second-order valence-corrected chi connectivity index (χ2v) is 7.53. The topological polar surface area (TPSA) is 47.4 Å². The highest BCUT2D eigenvalue weighted by Gasteiger charge is 2.37. The van der Waals surface area contributed by atoms with E-state index in [2.05, 4.69) is 9.55 Å². The van der Waals surface area contributed by atoms with Crippen molar-refractivity contribution in [3.63, 3.8) is 0 Å². The van der Waals surface area contributed by atoms with Gasteiger partial charge in [0.25, 0.3) is 0 Å². The molecule has 0 spiro atoms. The first kappa shape index (κ1) is 16.1. The maximum absolute atomic E-state index is 12.1. The van der Waals surface area contributed by atoms with Gasteiger partial charge < -0.3 is 14.2 Å². The molecule has 23 heavy (non-hydrogen) atoms. The van der Waals surface area contributed by atoms with Crippen LogP contribution in [-0.4, -0.2) is 39.2 Å². The van der Waals surface area contributed by atoms with E-state index in [0.717, 1.165) is 23.9 Å². The SMILES string of the molecule is CN(C(=O)OC(C)(C)C)[C@H]1C[C@@H](n2ccc3ccc(Cl)nc32)C1. The Morgan fingerprint density at radius 2 is 2.04 bits per heavy atom. The average Bonchev–Trinajstić information content (AvgIpc) is 2.78. The number of halogens is 1. The zero-order chi connectivity index (χ0) is 16.8. The van der Waals surface area contributed by atoms with Crippen molar-refractivity contribution in [1.29, 1.82) is 0 Å². The Bertz CT molecular complexity index is 729. The summed E-state index contributed by atoms with van der Waals surface area (Å²) in [5, 5.41) is 1.58. The van der Waals surface area contributed by atoms with Crippen LogP contribution in [-0.2, 0) is 4.74 Å². The first-order chi connectivity index (χ1) is 10.7. The molecule has 0 N–H and O–H groups in total.